The van der Waals surface area contributed by atoms with Crippen LogP contribution in [0.3, 0.4) is 0 Å². The lowest BCUT2D eigenvalue weighted by atomic mass is 9.96. The van der Waals surface area contributed by atoms with E-state index in [1.54, 1.807) is 18.0 Å². The second-order valence-electron chi connectivity index (χ2n) is 7.81. The number of likely N-dealkylation sites (tertiary alicyclic amines) is 1. The first-order chi connectivity index (χ1) is 12.2. The number of nitrogens with zero attached hydrogens (tertiary/aromatic N) is 3. The van der Waals surface area contributed by atoms with E-state index in [1.807, 2.05) is 44.7 Å². The number of hydrogen-bond donors (Lipinski definition) is 0. The van der Waals surface area contributed by atoms with Gasteiger partial charge in [0.25, 0.3) is 0 Å². The Kier molecular flexibility index (Phi) is 6.62. The van der Waals surface area contributed by atoms with Crippen molar-refractivity contribution in [3.63, 3.8) is 0 Å². The van der Waals surface area contributed by atoms with Gasteiger partial charge in [-0.05, 0) is 58.1 Å². The van der Waals surface area contributed by atoms with Crippen molar-refractivity contribution < 1.29 is 14.3 Å². The van der Waals surface area contributed by atoms with Crippen LogP contribution >= 0.6 is 0 Å². The molecule has 0 aromatic carbocycles. The van der Waals surface area contributed by atoms with Gasteiger partial charge in [0.05, 0.1) is 6.04 Å². The summed E-state index contributed by atoms with van der Waals surface area (Å²) in [5.74, 6) is 0.676. The summed E-state index contributed by atoms with van der Waals surface area (Å²) in [7, 11) is 0. The number of carbonyl (C=O) groups excluding carboxylic acids is 2. The van der Waals surface area contributed by atoms with Crippen molar-refractivity contribution in [3.8, 4) is 0 Å². The third-order valence-electron chi connectivity index (χ3n) is 4.40. The number of rotatable bonds is 4. The minimum Gasteiger partial charge on any atom is -0.443 e. The summed E-state index contributed by atoms with van der Waals surface area (Å²) < 4.78 is 5.50. The Balaban J connectivity index is 2.20. The lowest BCUT2D eigenvalue weighted by molar-refractivity contribution is -0.132. The monoisotopic (exact) mass is 361 g/mol. The molecule has 1 fully saturated rings. The average molecular weight is 361 g/mol. The first-order valence-electron chi connectivity index (χ1n) is 9.46. The number of anilines is 1. The standard InChI is InChI=1S/C20H31N3O3/c1-6-12-23(19(25)26-20(3,4)5)18-11-10-16(14-21-18)17-9-7-8-13-22(17)15(2)24/h10-11,14,17H,6-9,12-13H2,1-5H3/t17-/m1/s1. The molecule has 0 unspecified atom stereocenters. The molecule has 0 saturated carbocycles. The van der Waals surface area contributed by atoms with E-state index >= 15 is 0 Å². The van der Waals surface area contributed by atoms with Gasteiger partial charge in [0.15, 0.2) is 0 Å². The van der Waals surface area contributed by atoms with Crippen LogP contribution in [0.15, 0.2) is 18.3 Å². The largest absolute Gasteiger partial charge is 0.443 e. The molecule has 1 aliphatic rings. The van der Waals surface area contributed by atoms with Crippen LogP contribution in [0.1, 0.15) is 71.9 Å². The lowest BCUT2D eigenvalue weighted by Gasteiger charge is -2.35. The third-order valence-corrected chi connectivity index (χ3v) is 4.40. The molecule has 1 aromatic heterocycles. The first kappa shape index (κ1) is 20.2. The second kappa shape index (κ2) is 8.52. The van der Waals surface area contributed by atoms with Crippen LogP contribution in [0.25, 0.3) is 0 Å². The molecule has 1 saturated heterocycles. The van der Waals surface area contributed by atoms with Gasteiger partial charge in [-0.2, -0.15) is 0 Å². The zero-order chi connectivity index (χ0) is 19.3. The van der Waals surface area contributed by atoms with Gasteiger partial charge < -0.3 is 9.64 Å². The molecule has 6 heteroatoms. The zero-order valence-corrected chi connectivity index (χ0v) is 16.6. The fraction of sp³-hybridized carbons (Fsp3) is 0.650. The molecule has 0 N–H and O–H groups in total. The van der Waals surface area contributed by atoms with E-state index in [0.717, 1.165) is 37.8 Å². The van der Waals surface area contributed by atoms with Gasteiger partial charge in [0.1, 0.15) is 11.4 Å². The Morgan fingerprint density at radius 2 is 2.04 bits per heavy atom. The topological polar surface area (TPSA) is 62.7 Å². The molecule has 0 aliphatic carbocycles. The maximum Gasteiger partial charge on any atom is 0.416 e. The second-order valence-corrected chi connectivity index (χ2v) is 7.81. The van der Waals surface area contributed by atoms with Gasteiger partial charge in [-0.25, -0.2) is 9.78 Å². The van der Waals surface area contributed by atoms with Gasteiger partial charge in [-0.3, -0.25) is 9.69 Å². The molecule has 144 valence electrons. The first-order valence-corrected chi connectivity index (χ1v) is 9.46. The van der Waals surface area contributed by atoms with E-state index in [2.05, 4.69) is 4.98 Å². The van der Waals surface area contributed by atoms with E-state index in [1.165, 1.54) is 0 Å². The fourth-order valence-electron chi connectivity index (χ4n) is 3.25. The Hall–Kier alpha value is -2.11. The summed E-state index contributed by atoms with van der Waals surface area (Å²) in [5.41, 5.74) is 0.469. The Bertz CT molecular complexity index is 622. The van der Waals surface area contributed by atoms with E-state index in [4.69, 9.17) is 4.74 Å². The Morgan fingerprint density at radius 1 is 1.31 bits per heavy atom. The van der Waals surface area contributed by atoms with Gasteiger partial charge in [0.2, 0.25) is 5.91 Å². The number of ether oxygens (including phenoxy) is 1. The van der Waals surface area contributed by atoms with Crippen LogP contribution in [-0.2, 0) is 9.53 Å². The molecule has 1 aromatic rings. The molecule has 2 rings (SSSR count). The molecular weight excluding hydrogens is 330 g/mol. The molecule has 0 bridgehead atoms. The smallest absolute Gasteiger partial charge is 0.416 e. The summed E-state index contributed by atoms with van der Waals surface area (Å²) in [5, 5.41) is 0. The van der Waals surface area contributed by atoms with Crippen molar-refractivity contribution in [3.05, 3.63) is 23.9 Å². The molecule has 0 spiro atoms. The van der Waals surface area contributed by atoms with Crippen LogP contribution in [0, 0.1) is 0 Å². The average Bonchev–Trinajstić information content (AvgIpc) is 2.58. The summed E-state index contributed by atoms with van der Waals surface area (Å²) in [6.45, 7) is 10.5. The molecule has 2 heterocycles. The number of piperidine rings is 1. The molecule has 1 atom stereocenters. The highest BCUT2D eigenvalue weighted by Gasteiger charge is 2.27. The van der Waals surface area contributed by atoms with Crippen molar-refractivity contribution >= 4 is 17.8 Å². The van der Waals surface area contributed by atoms with Crippen molar-refractivity contribution in [2.75, 3.05) is 18.0 Å². The van der Waals surface area contributed by atoms with Crippen molar-refractivity contribution in [1.82, 2.24) is 9.88 Å². The van der Waals surface area contributed by atoms with Gasteiger partial charge >= 0.3 is 6.09 Å². The van der Waals surface area contributed by atoms with Gasteiger partial charge in [-0.1, -0.05) is 13.0 Å². The quantitative estimate of drug-likeness (QED) is 0.802. The van der Waals surface area contributed by atoms with E-state index in [-0.39, 0.29) is 18.0 Å². The Labute approximate surface area is 156 Å². The van der Waals surface area contributed by atoms with E-state index < -0.39 is 5.60 Å². The highest BCUT2D eigenvalue weighted by atomic mass is 16.6. The number of pyridine rings is 1. The predicted octanol–water partition coefficient (Wildman–Crippen LogP) is 4.31. The SMILES string of the molecule is CCCN(C(=O)OC(C)(C)C)c1ccc([C@H]2CCCCN2C(C)=O)cn1. The van der Waals surface area contributed by atoms with Crippen LogP contribution in [0.4, 0.5) is 10.6 Å². The number of amides is 2. The maximum absolute atomic E-state index is 12.5. The summed E-state index contributed by atoms with van der Waals surface area (Å²) >= 11 is 0. The summed E-state index contributed by atoms with van der Waals surface area (Å²) in [4.78, 5) is 32.4. The fourth-order valence-corrected chi connectivity index (χ4v) is 3.25. The molecule has 2 amide bonds. The Morgan fingerprint density at radius 3 is 2.58 bits per heavy atom. The normalized spacial score (nSPS) is 17.7. The highest BCUT2D eigenvalue weighted by molar-refractivity contribution is 5.86. The van der Waals surface area contributed by atoms with Crippen LogP contribution in [0.5, 0.6) is 0 Å². The van der Waals surface area contributed by atoms with Crippen molar-refractivity contribution in [2.24, 2.45) is 0 Å². The predicted molar refractivity (Wildman–Crippen MR) is 102 cm³/mol. The molecular formula is C20H31N3O3. The van der Waals surface area contributed by atoms with Gasteiger partial charge in [0, 0.05) is 26.2 Å². The third kappa shape index (κ3) is 5.19. The van der Waals surface area contributed by atoms with Crippen LogP contribution in [-0.4, -0.2) is 40.6 Å². The van der Waals surface area contributed by atoms with Crippen LogP contribution in [0.2, 0.25) is 0 Å². The zero-order valence-electron chi connectivity index (χ0n) is 16.6. The molecule has 0 radical (unpaired) electrons. The number of hydrogen-bond acceptors (Lipinski definition) is 4. The number of carbonyl (C=O) groups is 2. The van der Waals surface area contributed by atoms with Gasteiger partial charge in [-0.15, -0.1) is 0 Å². The summed E-state index contributed by atoms with van der Waals surface area (Å²) in [6, 6.07) is 3.90. The van der Waals surface area contributed by atoms with Crippen molar-refractivity contribution in [2.45, 2.75) is 71.9 Å². The molecule has 6 nitrogen and oxygen atoms in total. The van der Waals surface area contributed by atoms with Crippen LogP contribution < -0.4 is 4.90 Å². The summed E-state index contributed by atoms with van der Waals surface area (Å²) in [6.07, 6.45) is 5.31. The highest BCUT2D eigenvalue weighted by Crippen LogP contribution is 2.31. The minimum absolute atomic E-state index is 0.0731. The molecule has 26 heavy (non-hydrogen) atoms. The molecule has 1 aliphatic heterocycles. The maximum atomic E-state index is 12.5. The number of aromatic nitrogens is 1. The lowest BCUT2D eigenvalue weighted by Crippen LogP contribution is -2.38. The van der Waals surface area contributed by atoms with E-state index in [0.29, 0.717) is 12.4 Å². The van der Waals surface area contributed by atoms with E-state index in [9.17, 15) is 9.59 Å². The minimum atomic E-state index is -0.549. The van der Waals surface area contributed by atoms with Crippen molar-refractivity contribution in [1.29, 1.82) is 0 Å².